The van der Waals surface area contributed by atoms with Crippen molar-refractivity contribution in [3.8, 4) is 0 Å². The molecule has 2 heterocycles. The van der Waals surface area contributed by atoms with Crippen molar-refractivity contribution in [1.82, 2.24) is 9.88 Å². The molecule has 0 spiro atoms. The first kappa shape index (κ1) is 17.0. The molecule has 6 nitrogen and oxygen atoms in total. The quantitative estimate of drug-likeness (QED) is 0.923. The van der Waals surface area contributed by atoms with E-state index in [1.54, 1.807) is 4.90 Å². The van der Waals surface area contributed by atoms with Crippen LogP contribution in [0.3, 0.4) is 0 Å². The lowest BCUT2D eigenvalue weighted by Gasteiger charge is -2.26. The van der Waals surface area contributed by atoms with E-state index >= 15 is 0 Å². The van der Waals surface area contributed by atoms with E-state index in [2.05, 4.69) is 10.3 Å². The van der Waals surface area contributed by atoms with E-state index in [-0.39, 0.29) is 22.7 Å². The second kappa shape index (κ2) is 7.35. The molecule has 1 aromatic heterocycles. The number of nitrogens with one attached hydrogen (secondary N) is 1. The summed E-state index contributed by atoms with van der Waals surface area (Å²) in [6.45, 7) is 1.86. The molecule has 1 aliphatic rings. The number of hydrogen-bond donors (Lipinski definition) is 1. The number of pyridine rings is 1. The fraction of sp³-hybridized carbons (Fsp3) is 0.235. The lowest BCUT2D eigenvalue weighted by molar-refractivity contribution is 0.0302. The number of nitrogens with zero attached hydrogens (tertiary/aromatic N) is 2. The number of carbonyl (C=O) groups excluding carboxylic acids is 2. The summed E-state index contributed by atoms with van der Waals surface area (Å²) >= 11 is 0. The summed E-state index contributed by atoms with van der Waals surface area (Å²) in [6.07, 6.45) is 2.64. The normalized spacial score (nSPS) is 14.2. The number of rotatable bonds is 3. The third kappa shape index (κ3) is 3.97. The van der Waals surface area contributed by atoms with Crippen molar-refractivity contribution in [3.63, 3.8) is 0 Å². The molecular weight excluding hydrogens is 332 g/mol. The maximum Gasteiger partial charge on any atom is 0.257 e. The van der Waals surface area contributed by atoms with Gasteiger partial charge in [-0.15, -0.1) is 0 Å². The van der Waals surface area contributed by atoms with Crippen LogP contribution in [-0.2, 0) is 4.74 Å². The van der Waals surface area contributed by atoms with E-state index in [4.69, 9.17) is 4.74 Å². The molecule has 0 aliphatic carbocycles. The average Bonchev–Trinajstić information content (AvgIpc) is 2.64. The number of morpholine rings is 1. The predicted molar refractivity (Wildman–Crippen MR) is 85.3 cm³/mol. The zero-order chi connectivity index (χ0) is 17.8. The zero-order valence-electron chi connectivity index (χ0n) is 13.2. The van der Waals surface area contributed by atoms with Crippen molar-refractivity contribution in [1.29, 1.82) is 0 Å². The maximum atomic E-state index is 13.6. The molecule has 3 rings (SSSR count). The first-order valence-electron chi connectivity index (χ1n) is 7.63. The Morgan fingerprint density at radius 3 is 2.52 bits per heavy atom. The molecule has 0 bridgehead atoms. The van der Waals surface area contributed by atoms with E-state index in [1.807, 2.05) is 0 Å². The van der Waals surface area contributed by atoms with Gasteiger partial charge in [0.05, 0.1) is 30.0 Å². The Bertz CT molecular complexity index is 807. The molecule has 1 aromatic carbocycles. The summed E-state index contributed by atoms with van der Waals surface area (Å²) in [5.41, 5.74) is 0.202. The van der Waals surface area contributed by atoms with Crippen LogP contribution in [0.25, 0.3) is 0 Å². The van der Waals surface area contributed by atoms with Crippen molar-refractivity contribution in [2.75, 3.05) is 31.6 Å². The van der Waals surface area contributed by atoms with Crippen molar-refractivity contribution >= 4 is 17.5 Å². The van der Waals surface area contributed by atoms with E-state index in [1.165, 1.54) is 18.5 Å². The second-order valence-corrected chi connectivity index (χ2v) is 5.45. The van der Waals surface area contributed by atoms with Crippen LogP contribution in [0.5, 0.6) is 0 Å². The lowest BCUT2D eigenvalue weighted by Crippen LogP contribution is -2.40. The number of aromatic nitrogens is 1. The van der Waals surface area contributed by atoms with Crippen LogP contribution in [0.2, 0.25) is 0 Å². The third-order valence-corrected chi connectivity index (χ3v) is 3.73. The number of benzene rings is 1. The van der Waals surface area contributed by atoms with Gasteiger partial charge in [0, 0.05) is 31.5 Å². The van der Waals surface area contributed by atoms with Crippen LogP contribution in [0.1, 0.15) is 20.7 Å². The summed E-state index contributed by atoms with van der Waals surface area (Å²) in [4.78, 5) is 30.2. The van der Waals surface area contributed by atoms with E-state index in [0.29, 0.717) is 32.4 Å². The largest absolute Gasteiger partial charge is 0.378 e. The fourth-order valence-corrected chi connectivity index (χ4v) is 2.42. The van der Waals surface area contributed by atoms with Crippen molar-refractivity contribution in [3.05, 3.63) is 59.4 Å². The first-order chi connectivity index (χ1) is 12.0. The van der Waals surface area contributed by atoms with E-state index in [0.717, 1.165) is 12.1 Å². The monoisotopic (exact) mass is 347 g/mol. The molecule has 0 saturated carbocycles. The topological polar surface area (TPSA) is 71.5 Å². The second-order valence-electron chi connectivity index (χ2n) is 5.45. The third-order valence-electron chi connectivity index (χ3n) is 3.73. The Morgan fingerprint density at radius 1 is 1.08 bits per heavy atom. The highest BCUT2D eigenvalue weighted by molar-refractivity contribution is 6.05. The number of ether oxygens (including phenoxy) is 1. The van der Waals surface area contributed by atoms with Gasteiger partial charge in [-0.1, -0.05) is 0 Å². The molecule has 0 radical (unpaired) electrons. The molecule has 1 N–H and O–H groups in total. The highest BCUT2D eigenvalue weighted by atomic mass is 19.1. The molecule has 1 aliphatic heterocycles. The number of anilines is 1. The number of halogens is 2. The molecule has 1 fully saturated rings. The van der Waals surface area contributed by atoms with Gasteiger partial charge in [-0.05, 0) is 18.2 Å². The number of hydrogen-bond acceptors (Lipinski definition) is 4. The summed E-state index contributed by atoms with van der Waals surface area (Å²) in [5.74, 6) is -2.52. The Labute approximate surface area is 142 Å². The summed E-state index contributed by atoms with van der Waals surface area (Å²) in [7, 11) is 0. The van der Waals surface area contributed by atoms with Gasteiger partial charge in [0.25, 0.3) is 11.8 Å². The molecule has 8 heteroatoms. The molecular formula is C17H15F2N3O3. The Hall–Kier alpha value is -2.87. The van der Waals surface area contributed by atoms with Gasteiger partial charge >= 0.3 is 0 Å². The minimum absolute atomic E-state index is 0.0998. The Balaban J connectivity index is 1.76. The molecule has 1 saturated heterocycles. The van der Waals surface area contributed by atoms with Crippen LogP contribution in [0, 0.1) is 11.6 Å². The molecule has 25 heavy (non-hydrogen) atoms. The zero-order valence-corrected chi connectivity index (χ0v) is 13.2. The van der Waals surface area contributed by atoms with Crippen LogP contribution < -0.4 is 5.32 Å². The van der Waals surface area contributed by atoms with Gasteiger partial charge in [-0.25, -0.2) is 8.78 Å². The SMILES string of the molecule is O=C(Nc1ccc(F)cc1F)c1cncc(C(=O)N2CCOCC2)c1. The van der Waals surface area contributed by atoms with Gasteiger partial charge in [0.1, 0.15) is 11.6 Å². The molecule has 130 valence electrons. The van der Waals surface area contributed by atoms with Gasteiger partial charge in [0.2, 0.25) is 0 Å². The van der Waals surface area contributed by atoms with Crippen molar-refractivity contribution < 1.29 is 23.1 Å². The van der Waals surface area contributed by atoms with Crippen molar-refractivity contribution in [2.45, 2.75) is 0 Å². The predicted octanol–water partition coefficient (Wildman–Crippen LogP) is 2.08. The molecule has 2 amide bonds. The number of amides is 2. The lowest BCUT2D eigenvalue weighted by atomic mass is 10.1. The highest BCUT2D eigenvalue weighted by Gasteiger charge is 2.20. The minimum Gasteiger partial charge on any atom is -0.378 e. The summed E-state index contributed by atoms with van der Waals surface area (Å²) in [5, 5.41) is 2.33. The van der Waals surface area contributed by atoms with Gasteiger partial charge in [-0.2, -0.15) is 0 Å². The van der Waals surface area contributed by atoms with Crippen LogP contribution in [-0.4, -0.2) is 48.0 Å². The average molecular weight is 347 g/mol. The van der Waals surface area contributed by atoms with Gasteiger partial charge < -0.3 is 15.0 Å². The molecule has 2 aromatic rings. The highest BCUT2D eigenvalue weighted by Crippen LogP contribution is 2.16. The van der Waals surface area contributed by atoms with Crippen molar-refractivity contribution in [2.24, 2.45) is 0 Å². The maximum absolute atomic E-state index is 13.6. The summed E-state index contributed by atoms with van der Waals surface area (Å²) < 4.78 is 31.7. The Morgan fingerprint density at radius 2 is 1.80 bits per heavy atom. The van der Waals surface area contributed by atoms with Crippen LogP contribution >= 0.6 is 0 Å². The fourth-order valence-electron chi connectivity index (χ4n) is 2.42. The number of carbonyl (C=O) groups is 2. The van der Waals surface area contributed by atoms with E-state index in [9.17, 15) is 18.4 Å². The molecule has 0 atom stereocenters. The Kier molecular flexibility index (Phi) is 4.99. The first-order valence-corrected chi connectivity index (χ1v) is 7.63. The minimum atomic E-state index is -0.887. The smallest absolute Gasteiger partial charge is 0.257 e. The van der Waals surface area contributed by atoms with Gasteiger partial charge in [0.15, 0.2) is 0 Å². The van der Waals surface area contributed by atoms with Crippen LogP contribution in [0.4, 0.5) is 14.5 Å². The van der Waals surface area contributed by atoms with Gasteiger partial charge in [-0.3, -0.25) is 14.6 Å². The van der Waals surface area contributed by atoms with Crippen LogP contribution in [0.15, 0.2) is 36.7 Å². The summed E-state index contributed by atoms with van der Waals surface area (Å²) in [6, 6.07) is 4.22. The van der Waals surface area contributed by atoms with E-state index < -0.39 is 17.5 Å². The standard InChI is InChI=1S/C17H15F2N3O3/c18-13-1-2-15(14(19)8-13)21-16(23)11-7-12(10-20-9-11)17(24)22-3-5-25-6-4-22/h1-2,7-10H,3-6H2,(H,21,23). The molecule has 0 unspecified atom stereocenters.